The van der Waals surface area contributed by atoms with E-state index in [1.807, 2.05) is 32.2 Å². The van der Waals surface area contributed by atoms with Crippen LogP contribution in [0, 0.1) is 12.7 Å². The summed E-state index contributed by atoms with van der Waals surface area (Å²) in [5, 5.41) is 0. The Morgan fingerprint density at radius 2 is 1.90 bits per heavy atom. The van der Waals surface area contributed by atoms with Crippen LogP contribution in [0.2, 0.25) is 0 Å². The van der Waals surface area contributed by atoms with Gasteiger partial charge in [-0.05, 0) is 43.8 Å². The number of nitrogens with two attached hydrogens (primary N) is 1. The van der Waals surface area contributed by atoms with E-state index in [0.29, 0.717) is 13.1 Å². The van der Waals surface area contributed by atoms with E-state index in [0.717, 1.165) is 17.0 Å². The lowest BCUT2D eigenvalue weighted by Crippen LogP contribution is -2.30. The monoisotopic (exact) mass is 273 g/mol. The van der Waals surface area contributed by atoms with Crippen LogP contribution < -0.4 is 5.73 Å². The van der Waals surface area contributed by atoms with E-state index in [9.17, 15) is 4.39 Å². The number of aryl methyl sites for hydroxylation is 1. The molecule has 0 spiro atoms. The summed E-state index contributed by atoms with van der Waals surface area (Å²) in [4.78, 5) is 6.63. The largest absolute Gasteiger partial charge is 0.329 e. The standard InChI is InChI=1S/C16H20FN3/c1-12-4-3-5-15(19-12)11-20(2)16(10-18)13-6-8-14(17)9-7-13/h3-9,16H,10-11,18H2,1-2H3. The van der Waals surface area contributed by atoms with Crippen molar-refractivity contribution in [1.82, 2.24) is 9.88 Å². The number of nitrogens with zero attached hydrogens (tertiary/aromatic N) is 2. The number of hydrogen-bond donors (Lipinski definition) is 1. The maximum absolute atomic E-state index is 13.0. The smallest absolute Gasteiger partial charge is 0.123 e. The van der Waals surface area contributed by atoms with Gasteiger partial charge >= 0.3 is 0 Å². The summed E-state index contributed by atoms with van der Waals surface area (Å²) in [6.45, 7) is 3.17. The predicted octanol–water partition coefficient (Wildman–Crippen LogP) is 2.66. The van der Waals surface area contributed by atoms with Gasteiger partial charge in [-0.25, -0.2) is 4.39 Å². The minimum atomic E-state index is -0.229. The van der Waals surface area contributed by atoms with Crippen LogP contribution in [0.4, 0.5) is 4.39 Å². The fourth-order valence-corrected chi connectivity index (χ4v) is 2.31. The van der Waals surface area contributed by atoms with Crippen LogP contribution in [0.25, 0.3) is 0 Å². The van der Waals surface area contributed by atoms with Crippen molar-refractivity contribution in [3.63, 3.8) is 0 Å². The van der Waals surface area contributed by atoms with Crippen molar-refractivity contribution >= 4 is 0 Å². The van der Waals surface area contributed by atoms with Gasteiger partial charge in [0.1, 0.15) is 5.82 Å². The lowest BCUT2D eigenvalue weighted by Gasteiger charge is -2.27. The molecule has 0 fully saturated rings. The molecule has 20 heavy (non-hydrogen) atoms. The third-order valence-electron chi connectivity index (χ3n) is 3.37. The molecule has 1 atom stereocenters. The third kappa shape index (κ3) is 3.62. The molecule has 0 aliphatic carbocycles. The number of likely N-dealkylation sites (N-methyl/N-ethyl adjacent to an activating group) is 1. The molecule has 106 valence electrons. The molecule has 0 saturated heterocycles. The summed E-state index contributed by atoms with van der Waals surface area (Å²) in [6, 6.07) is 12.5. The second-order valence-corrected chi connectivity index (χ2v) is 4.99. The van der Waals surface area contributed by atoms with Gasteiger partial charge in [0.25, 0.3) is 0 Å². The molecule has 2 aromatic rings. The molecule has 0 aliphatic rings. The van der Waals surface area contributed by atoms with E-state index >= 15 is 0 Å². The van der Waals surface area contributed by atoms with Gasteiger partial charge in [0.05, 0.1) is 5.69 Å². The number of rotatable bonds is 5. The van der Waals surface area contributed by atoms with Crippen molar-refractivity contribution in [3.8, 4) is 0 Å². The zero-order valence-corrected chi connectivity index (χ0v) is 11.9. The summed E-state index contributed by atoms with van der Waals surface area (Å²) in [5.41, 5.74) is 8.90. The van der Waals surface area contributed by atoms with Gasteiger partial charge in [-0.15, -0.1) is 0 Å². The Hall–Kier alpha value is -1.78. The first-order valence-corrected chi connectivity index (χ1v) is 6.68. The Bertz CT molecular complexity index is 554. The second-order valence-electron chi connectivity index (χ2n) is 4.99. The molecule has 0 aliphatic heterocycles. The van der Waals surface area contributed by atoms with Crippen molar-refractivity contribution in [2.24, 2.45) is 5.73 Å². The quantitative estimate of drug-likeness (QED) is 0.910. The Kier molecular flexibility index (Phi) is 4.82. The normalized spacial score (nSPS) is 12.7. The average Bonchev–Trinajstić information content (AvgIpc) is 2.42. The third-order valence-corrected chi connectivity index (χ3v) is 3.37. The molecule has 2 rings (SSSR count). The highest BCUT2D eigenvalue weighted by Gasteiger charge is 2.16. The molecule has 2 N–H and O–H groups in total. The van der Waals surface area contributed by atoms with E-state index in [4.69, 9.17) is 5.73 Å². The van der Waals surface area contributed by atoms with E-state index in [2.05, 4.69) is 9.88 Å². The van der Waals surface area contributed by atoms with Crippen molar-refractivity contribution in [3.05, 3.63) is 65.2 Å². The highest BCUT2D eigenvalue weighted by Crippen LogP contribution is 2.20. The fraction of sp³-hybridized carbons (Fsp3) is 0.312. The minimum absolute atomic E-state index is 0.0536. The van der Waals surface area contributed by atoms with Crippen LogP contribution >= 0.6 is 0 Å². The lowest BCUT2D eigenvalue weighted by atomic mass is 10.1. The zero-order valence-electron chi connectivity index (χ0n) is 11.9. The van der Waals surface area contributed by atoms with Crippen molar-refractivity contribution in [2.75, 3.05) is 13.6 Å². The first-order valence-electron chi connectivity index (χ1n) is 6.68. The fourth-order valence-electron chi connectivity index (χ4n) is 2.31. The summed E-state index contributed by atoms with van der Waals surface area (Å²) < 4.78 is 13.0. The summed E-state index contributed by atoms with van der Waals surface area (Å²) >= 11 is 0. The van der Waals surface area contributed by atoms with Crippen molar-refractivity contribution in [1.29, 1.82) is 0 Å². The van der Waals surface area contributed by atoms with E-state index in [1.54, 1.807) is 12.1 Å². The van der Waals surface area contributed by atoms with Crippen molar-refractivity contribution < 1.29 is 4.39 Å². The van der Waals surface area contributed by atoms with Crippen molar-refractivity contribution in [2.45, 2.75) is 19.5 Å². The number of halogens is 1. The Balaban J connectivity index is 2.13. The Morgan fingerprint density at radius 3 is 2.50 bits per heavy atom. The highest BCUT2D eigenvalue weighted by molar-refractivity contribution is 5.20. The molecule has 3 nitrogen and oxygen atoms in total. The molecule has 1 unspecified atom stereocenters. The van der Waals surface area contributed by atoms with Gasteiger partial charge in [-0.3, -0.25) is 9.88 Å². The van der Waals surface area contributed by atoms with Crippen LogP contribution in [0.5, 0.6) is 0 Å². The first kappa shape index (κ1) is 14.6. The molecule has 0 saturated carbocycles. The number of hydrogen-bond acceptors (Lipinski definition) is 3. The number of aromatic nitrogens is 1. The molecule has 0 amide bonds. The van der Waals surface area contributed by atoms with E-state index < -0.39 is 0 Å². The average molecular weight is 273 g/mol. The first-order chi connectivity index (χ1) is 9.60. The maximum atomic E-state index is 13.0. The van der Waals surface area contributed by atoms with Crippen LogP contribution in [-0.4, -0.2) is 23.5 Å². The Labute approximate surface area is 119 Å². The zero-order chi connectivity index (χ0) is 14.5. The predicted molar refractivity (Wildman–Crippen MR) is 78.6 cm³/mol. The summed E-state index contributed by atoms with van der Waals surface area (Å²) in [5.74, 6) is -0.229. The molecule has 0 bridgehead atoms. The van der Waals surface area contributed by atoms with Crippen LogP contribution in [0.3, 0.4) is 0 Å². The minimum Gasteiger partial charge on any atom is -0.329 e. The molecule has 1 heterocycles. The van der Waals surface area contributed by atoms with E-state index in [-0.39, 0.29) is 11.9 Å². The summed E-state index contributed by atoms with van der Waals surface area (Å²) in [6.07, 6.45) is 0. The van der Waals surface area contributed by atoms with Gasteiger partial charge < -0.3 is 5.73 Å². The topological polar surface area (TPSA) is 42.1 Å². The SMILES string of the molecule is Cc1cccc(CN(C)C(CN)c2ccc(F)cc2)n1. The van der Waals surface area contributed by atoms with Gasteiger partial charge in [0, 0.05) is 24.8 Å². The number of pyridine rings is 1. The molecule has 1 aromatic carbocycles. The van der Waals surface area contributed by atoms with Crippen LogP contribution in [-0.2, 0) is 6.54 Å². The Morgan fingerprint density at radius 1 is 1.20 bits per heavy atom. The maximum Gasteiger partial charge on any atom is 0.123 e. The molecule has 0 radical (unpaired) electrons. The van der Waals surface area contributed by atoms with Gasteiger partial charge in [-0.1, -0.05) is 18.2 Å². The van der Waals surface area contributed by atoms with Crippen LogP contribution in [0.15, 0.2) is 42.5 Å². The van der Waals surface area contributed by atoms with Gasteiger partial charge in [0.15, 0.2) is 0 Å². The molecule has 4 heteroatoms. The number of benzene rings is 1. The van der Waals surface area contributed by atoms with Gasteiger partial charge in [-0.2, -0.15) is 0 Å². The summed E-state index contributed by atoms with van der Waals surface area (Å²) in [7, 11) is 2.00. The molecular formula is C16H20FN3. The molecule has 1 aromatic heterocycles. The highest BCUT2D eigenvalue weighted by atomic mass is 19.1. The lowest BCUT2D eigenvalue weighted by molar-refractivity contribution is 0.239. The van der Waals surface area contributed by atoms with Crippen LogP contribution in [0.1, 0.15) is 23.0 Å². The molecular weight excluding hydrogens is 253 g/mol. The van der Waals surface area contributed by atoms with E-state index in [1.165, 1.54) is 12.1 Å². The van der Waals surface area contributed by atoms with Gasteiger partial charge in [0.2, 0.25) is 0 Å². The second kappa shape index (κ2) is 6.59.